The van der Waals surface area contributed by atoms with E-state index in [1.807, 2.05) is 6.07 Å². The lowest BCUT2D eigenvalue weighted by Gasteiger charge is -2.44. The molecule has 0 spiro atoms. The van der Waals surface area contributed by atoms with Crippen LogP contribution in [0.25, 0.3) is 0 Å². The molecule has 8 heteroatoms. The Morgan fingerprint density at radius 2 is 1.81 bits per heavy atom. The van der Waals surface area contributed by atoms with E-state index in [0.717, 1.165) is 29.8 Å². The summed E-state index contributed by atoms with van der Waals surface area (Å²) in [5.41, 5.74) is 7.64. The SMILES string of the molecule is CC(C)(CN)C1CCCCN1Cc1ccc2c(c1)C(=O)N(C1CCC(=O)NC1=O)C2=O. The molecule has 4 rings (SSSR count). The van der Waals surface area contributed by atoms with Crippen LogP contribution in [0.1, 0.15) is 72.2 Å². The van der Waals surface area contributed by atoms with Crippen LogP contribution in [0.5, 0.6) is 0 Å². The van der Waals surface area contributed by atoms with E-state index in [4.69, 9.17) is 5.73 Å². The van der Waals surface area contributed by atoms with Gasteiger partial charge in [0.2, 0.25) is 11.8 Å². The van der Waals surface area contributed by atoms with E-state index in [2.05, 4.69) is 24.1 Å². The predicted octanol–water partition coefficient (Wildman–Crippen LogP) is 1.43. The second kappa shape index (κ2) is 8.16. The van der Waals surface area contributed by atoms with Gasteiger partial charge in [-0.1, -0.05) is 26.3 Å². The van der Waals surface area contributed by atoms with Crippen molar-refractivity contribution in [3.8, 4) is 0 Å². The lowest BCUT2D eigenvalue weighted by molar-refractivity contribution is -0.136. The number of likely N-dealkylation sites (tertiary alicyclic amines) is 1. The first-order chi connectivity index (χ1) is 14.7. The molecular formula is C23H30N4O4. The lowest BCUT2D eigenvalue weighted by atomic mass is 9.78. The molecule has 3 aliphatic rings. The van der Waals surface area contributed by atoms with Gasteiger partial charge in [0.25, 0.3) is 11.8 Å². The normalized spacial score (nSPS) is 25.1. The van der Waals surface area contributed by atoms with Crippen molar-refractivity contribution < 1.29 is 19.2 Å². The zero-order valence-electron chi connectivity index (χ0n) is 18.1. The molecule has 2 unspecified atom stereocenters. The van der Waals surface area contributed by atoms with E-state index in [1.165, 1.54) is 6.42 Å². The second-order valence-electron chi connectivity index (χ2n) is 9.50. The van der Waals surface area contributed by atoms with Crippen molar-refractivity contribution in [1.29, 1.82) is 0 Å². The number of benzene rings is 1. The average molecular weight is 427 g/mol. The zero-order valence-corrected chi connectivity index (χ0v) is 18.1. The average Bonchev–Trinajstić information content (AvgIpc) is 2.98. The van der Waals surface area contributed by atoms with Crippen LogP contribution in [0.2, 0.25) is 0 Å². The van der Waals surface area contributed by atoms with Crippen molar-refractivity contribution in [2.75, 3.05) is 13.1 Å². The fraction of sp³-hybridized carbons (Fsp3) is 0.565. The summed E-state index contributed by atoms with van der Waals surface area (Å²) in [6, 6.07) is 4.77. The third-order valence-electron chi connectivity index (χ3n) is 6.93. The number of imide groups is 2. The molecule has 3 N–H and O–H groups in total. The number of fused-ring (bicyclic) bond motifs is 1. The number of hydrogen-bond donors (Lipinski definition) is 2. The van der Waals surface area contributed by atoms with E-state index in [-0.39, 0.29) is 24.2 Å². The van der Waals surface area contributed by atoms with Crippen LogP contribution in [-0.2, 0) is 16.1 Å². The largest absolute Gasteiger partial charge is 0.330 e. The third kappa shape index (κ3) is 3.90. The highest BCUT2D eigenvalue weighted by Gasteiger charge is 2.44. The van der Waals surface area contributed by atoms with Gasteiger partial charge in [0, 0.05) is 19.0 Å². The number of amides is 4. The van der Waals surface area contributed by atoms with Gasteiger partial charge in [-0.15, -0.1) is 0 Å². The number of rotatable bonds is 5. The quantitative estimate of drug-likeness (QED) is 0.689. The summed E-state index contributed by atoms with van der Waals surface area (Å²) in [5.74, 6) is -1.90. The molecule has 0 aromatic heterocycles. The van der Waals surface area contributed by atoms with Crippen molar-refractivity contribution in [3.05, 3.63) is 34.9 Å². The Balaban J connectivity index is 1.56. The standard InChI is InChI=1S/C23H30N4O4/c1-23(2,13-24)18-5-3-4-10-26(18)12-14-6-7-15-16(11-14)22(31)27(21(15)30)17-8-9-19(28)25-20(17)29/h6-7,11,17-18H,3-5,8-10,12-13,24H2,1-2H3,(H,25,28,29). The predicted molar refractivity (Wildman–Crippen MR) is 114 cm³/mol. The van der Waals surface area contributed by atoms with Crippen LogP contribution >= 0.6 is 0 Å². The second-order valence-corrected chi connectivity index (χ2v) is 9.50. The van der Waals surface area contributed by atoms with E-state index in [9.17, 15) is 19.2 Å². The molecule has 2 atom stereocenters. The van der Waals surface area contributed by atoms with Gasteiger partial charge >= 0.3 is 0 Å². The monoisotopic (exact) mass is 426 g/mol. The lowest BCUT2D eigenvalue weighted by Crippen LogP contribution is -2.54. The van der Waals surface area contributed by atoms with Crippen LogP contribution < -0.4 is 11.1 Å². The van der Waals surface area contributed by atoms with Crippen molar-refractivity contribution in [2.45, 2.75) is 64.6 Å². The van der Waals surface area contributed by atoms with E-state index >= 15 is 0 Å². The number of nitrogens with two attached hydrogens (primary N) is 1. The third-order valence-corrected chi connectivity index (χ3v) is 6.93. The first-order valence-corrected chi connectivity index (χ1v) is 11.0. The molecule has 1 aromatic rings. The highest BCUT2D eigenvalue weighted by Crippen LogP contribution is 2.34. The summed E-state index contributed by atoms with van der Waals surface area (Å²) in [6.45, 7) is 6.64. The number of carbonyl (C=O) groups excluding carboxylic acids is 4. The van der Waals surface area contributed by atoms with Gasteiger partial charge in [-0.05, 0) is 55.5 Å². The maximum absolute atomic E-state index is 13.1. The Morgan fingerprint density at radius 3 is 2.52 bits per heavy atom. The molecule has 0 saturated carbocycles. The van der Waals surface area contributed by atoms with E-state index in [0.29, 0.717) is 30.3 Å². The van der Waals surface area contributed by atoms with Gasteiger partial charge in [0.1, 0.15) is 6.04 Å². The van der Waals surface area contributed by atoms with Crippen LogP contribution in [0, 0.1) is 5.41 Å². The smallest absolute Gasteiger partial charge is 0.262 e. The van der Waals surface area contributed by atoms with E-state index < -0.39 is 23.8 Å². The summed E-state index contributed by atoms with van der Waals surface area (Å²) in [5, 5.41) is 2.22. The first-order valence-electron chi connectivity index (χ1n) is 11.0. The molecule has 0 bridgehead atoms. The molecule has 166 valence electrons. The van der Waals surface area contributed by atoms with Crippen molar-refractivity contribution in [1.82, 2.24) is 15.1 Å². The Kier molecular flexibility index (Phi) is 5.70. The van der Waals surface area contributed by atoms with Crippen molar-refractivity contribution >= 4 is 23.6 Å². The molecule has 31 heavy (non-hydrogen) atoms. The fourth-order valence-electron chi connectivity index (χ4n) is 5.05. The Hall–Kier alpha value is -2.58. The highest BCUT2D eigenvalue weighted by molar-refractivity contribution is 6.23. The summed E-state index contributed by atoms with van der Waals surface area (Å²) >= 11 is 0. The Bertz CT molecular complexity index is 942. The topological polar surface area (TPSA) is 113 Å². The van der Waals surface area contributed by atoms with E-state index in [1.54, 1.807) is 12.1 Å². The summed E-state index contributed by atoms with van der Waals surface area (Å²) in [4.78, 5) is 53.0. The molecule has 0 radical (unpaired) electrons. The molecule has 2 fully saturated rings. The van der Waals surface area contributed by atoms with Gasteiger partial charge in [-0.3, -0.25) is 34.3 Å². The van der Waals surface area contributed by atoms with Crippen molar-refractivity contribution in [2.24, 2.45) is 11.1 Å². The zero-order chi connectivity index (χ0) is 22.3. The van der Waals surface area contributed by atoms with Crippen LogP contribution in [-0.4, -0.2) is 58.6 Å². The summed E-state index contributed by atoms with van der Waals surface area (Å²) < 4.78 is 0. The Morgan fingerprint density at radius 1 is 1.06 bits per heavy atom. The molecule has 2 saturated heterocycles. The minimum Gasteiger partial charge on any atom is -0.330 e. The van der Waals surface area contributed by atoms with Gasteiger partial charge in [-0.2, -0.15) is 0 Å². The van der Waals surface area contributed by atoms with Gasteiger partial charge in [0.05, 0.1) is 11.1 Å². The maximum Gasteiger partial charge on any atom is 0.262 e. The van der Waals surface area contributed by atoms with Crippen LogP contribution in [0.15, 0.2) is 18.2 Å². The van der Waals surface area contributed by atoms with Crippen LogP contribution in [0.3, 0.4) is 0 Å². The number of piperidine rings is 2. The number of hydrogen-bond acceptors (Lipinski definition) is 6. The first kappa shape index (κ1) is 21.6. The van der Waals surface area contributed by atoms with Gasteiger partial charge < -0.3 is 5.73 Å². The molecular weight excluding hydrogens is 396 g/mol. The highest BCUT2D eigenvalue weighted by atomic mass is 16.2. The molecule has 0 aliphatic carbocycles. The molecule has 4 amide bonds. The molecule has 1 aromatic carbocycles. The summed E-state index contributed by atoms with van der Waals surface area (Å²) in [6.07, 6.45) is 3.68. The van der Waals surface area contributed by atoms with Gasteiger partial charge in [0.15, 0.2) is 0 Å². The molecule has 3 heterocycles. The summed E-state index contributed by atoms with van der Waals surface area (Å²) in [7, 11) is 0. The van der Waals surface area contributed by atoms with Crippen molar-refractivity contribution in [3.63, 3.8) is 0 Å². The Labute approximate surface area is 182 Å². The number of nitrogens with one attached hydrogen (secondary N) is 1. The fourth-order valence-corrected chi connectivity index (χ4v) is 5.05. The molecule has 3 aliphatic heterocycles. The number of carbonyl (C=O) groups is 4. The minimum atomic E-state index is -0.939. The number of nitrogens with zero attached hydrogens (tertiary/aromatic N) is 2. The molecule has 8 nitrogen and oxygen atoms in total. The minimum absolute atomic E-state index is 0.00842. The maximum atomic E-state index is 13.1. The van der Waals surface area contributed by atoms with Crippen LogP contribution in [0.4, 0.5) is 0 Å². The van der Waals surface area contributed by atoms with Gasteiger partial charge in [-0.25, -0.2) is 0 Å².